The van der Waals surface area contributed by atoms with Crippen LogP contribution in [-0.2, 0) is 11.2 Å². The van der Waals surface area contributed by atoms with E-state index < -0.39 is 0 Å². The van der Waals surface area contributed by atoms with Gasteiger partial charge in [-0.3, -0.25) is 9.59 Å². The van der Waals surface area contributed by atoms with Crippen molar-refractivity contribution >= 4 is 11.8 Å². The number of carbonyl (C=O) groups excluding carboxylic acids is 2. The molecule has 0 aromatic heterocycles. The maximum absolute atomic E-state index is 13.0. The highest BCUT2D eigenvalue weighted by Gasteiger charge is 2.24. The van der Waals surface area contributed by atoms with Crippen molar-refractivity contribution in [2.75, 3.05) is 13.1 Å². The average Bonchev–Trinajstić information content (AvgIpc) is 2.73. The summed E-state index contributed by atoms with van der Waals surface area (Å²) in [5, 5.41) is 11.8. The lowest BCUT2D eigenvalue weighted by atomic mass is 10.0. The van der Waals surface area contributed by atoms with E-state index in [2.05, 4.69) is 11.4 Å². The number of amides is 2. The second-order valence-corrected chi connectivity index (χ2v) is 6.94. The topological polar surface area (TPSA) is 73.2 Å². The normalized spacial score (nSPS) is 14.4. The van der Waals surface area contributed by atoms with Gasteiger partial charge in [0.15, 0.2) is 0 Å². The highest BCUT2D eigenvalue weighted by atomic mass is 19.1. The molecule has 144 valence electrons. The van der Waals surface area contributed by atoms with Crippen LogP contribution in [0.4, 0.5) is 4.39 Å². The Hall–Kier alpha value is -3.20. The Morgan fingerprint density at radius 3 is 2.32 bits per heavy atom. The molecule has 1 saturated heterocycles. The standard InChI is InChI=1S/C22H22FN3O2/c23-19-8-6-18(7-9-19)22(28)25-20-11-13-26(14-12-20)21(27)10-5-16-1-3-17(15-24)4-2-16/h1-4,6-9,20H,5,10-14H2,(H,25,28). The molecule has 0 radical (unpaired) electrons. The highest BCUT2D eigenvalue weighted by Crippen LogP contribution is 2.14. The van der Waals surface area contributed by atoms with Crippen molar-refractivity contribution in [2.45, 2.75) is 31.7 Å². The molecule has 1 N–H and O–H groups in total. The van der Waals surface area contributed by atoms with Crippen LogP contribution < -0.4 is 5.32 Å². The minimum atomic E-state index is -0.371. The number of halogens is 1. The number of hydrogen-bond donors (Lipinski definition) is 1. The fraction of sp³-hybridized carbons (Fsp3) is 0.318. The summed E-state index contributed by atoms with van der Waals surface area (Å²) in [5.74, 6) is -0.484. The van der Waals surface area contributed by atoms with E-state index in [9.17, 15) is 14.0 Å². The maximum atomic E-state index is 13.0. The Kier molecular flexibility index (Phi) is 6.38. The summed E-state index contributed by atoms with van der Waals surface area (Å²) >= 11 is 0. The highest BCUT2D eigenvalue weighted by molar-refractivity contribution is 5.94. The van der Waals surface area contributed by atoms with E-state index >= 15 is 0 Å². The van der Waals surface area contributed by atoms with Gasteiger partial charge in [-0.15, -0.1) is 0 Å². The van der Waals surface area contributed by atoms with Crippen LogP contribution >= 0.6 is 0 Å². The van der Waals surface area contributed by atoms with Crippen molar-refractivity contribution in [1.29, 1.82) is 5.26 Å². The van der Waals surface area contributed by atoms with Crippen molar-refractivity contribution in [3.05, 3.63) is 71.0 Å². The zero-order valence-corrected chi connectivity index (χ0v) is 15.5. The molecule has 0 unspecified atom stereocenters. The third kappa shape index (κ3) is 5.17. The van der Waals surface area contributed by atoms with Crippen LogP contribution in [-0.4, -0.2) is 35.8 Å². The largest absolute Gasteiger partial charge is 0.349 e. The first-order valence-electron chi connectivity index (χ1n) is 9.38. The van der Waals surface area contributed by atoms with E-state index in [0.29, 0.717) is 49.9 Å². The third-order valence-electron chi connectivity index (χ3n) is 5.00. The van der Waals surface area contributed by atoms with Crippen molar-refractivity contribution in [3.8, 4) is 6.07 Å². The number of piperidine rings is 1. The number of nitriles is 1. The first kappa shape index (κ1) is 19.6. The summed E-state index contributed by atoms with van der Waals surface area (Å²) in [6.45, 7) is 1.22. The van der Waals surface area contributed by atoms with Gasteiger partial charge in [-0.1, -0.05) is 12.1 Å². The Morgan fingerprint density at radius 2 is 1.71 bits per heavy atom. The number of aryl methyl sites for hydroxylation is 1. The third-order valence-corrected chi connectivity index (χ3v) is 5.00. The van der Waals surface area contributed by atoms with E-state index in [4.69, 9.17) is 5.26 Å². The maximum Gasteiger partial charge on any atom is 0.251 e. The van der Waals surface area contributed by atoms with E-state index in [1.165, 1.54) is 24.3 Å². The number of hydrogen-bond acceptors (Lipinski definition) is 3. The molecule has 0 atom stereocenters. The monoisotopic (exact) mass is 379 g/mol. The van der Waals surface area contributed by atoms with E-state index in [1.54, 1.807) is 12.1 Å². The summed E-state index contributed by atoms with van der Waals surface area (Å²) in [5.41, 5.74) is 2.08. The summed E-state index contributed by atoms with van der Waals surface area (Å²) in [6.07, 6.45) is 2.48. The quantitative estimate of drug-likeness (QED) is 0.868. The van der Waals surface area contributed by atoms with Gasteiger partial charge in [0, 0.05) is 31.1 Å². The predicted octanol–water partition coefficient (Wildman–Crippen LogP) is 3.05. The van der Waals surface area contributed by atoms with Gasteiger partial charge in [-0.2, -0.15) is 5.26 Å². The molecule has 3 rings (SSSR count). The van der Waals surface area contributed by atoms with Crippen LogP contribution in [0.3, 0.4) is 0 Å². The lowest BCUT2D eigenvalue weighted by Crippen LogP contribution is -2.46. The molecule has 1 fully saturated rings. The SMILES string of the molecule is N#Cc1ccc(CCC(=O)N2CCC(NC(=O)c3ccc(F)cc3)CC2)cc1. The fourth-order valence-electron chi connectivity index (χ4n) is 3.30. The van der Waals surface area contributed by atoms with Gasteiger partial charge in [0.1, 0.15) is 5.82 Å². The molecule has 2 aromatic carbocycles. The van der Waals surface area contributed by atoms with Gasteiger partial charge in [0.05, 0.1) is 11.6 Å². The van der Waals surface area contributed by atoms with Crippen LogP contribution in [0.2, 0.25) is 0 Å². The van der Waals surface area contributed by atoms with Gasteiger partial charge in [-0.25, -0.2) is 4.39 Å². The van der Waals surface area contributed by atoms with E-state index in [1.807, 2.05) is 17.0 Å². The number of rotatable bonds is 5. The van der Waals surface area contributed by atoms with Gasteiger partial charge in [0.2, 0.25) is 5.91 Å². The fourth-order valence-corrected chi connectivity index (χ4v) is 3.30. The molecule has 0 spiro atoms. The lowest BCUT2D eigenvalue weighted by molar-refractivity contribution is -0.132. The number of nitrogens with one attached hydrogen (secondary N) is 1. The first-order chi connectivity index (χ1) is 13.5. The summed E-state index contributed by atoms with van der Waals surface area (Å²) in [6, 6.07) is 14.8. The molecular formula is C22H22FN3O2. The van der Waals surface area contributed by atoms with Crippen molar-refractivity contribution in [2.24, 2.45) is 0 Å². The van der Waals surface area contributed by atoms with Crippen LogP contribution in [0, 0.1) is 17.1 Å². The van der Waals surface area contributed by atoms with Crippen LogP contribution in [0.1, 0.15) is 40.7 Å². The Labute approximate surface area is 163 Å². The molecule has 6 heteroatoms. The Balaban J connectivity index is 1.42. The Morgan fingerprint density at radius 1 is 1.07 bits per heavy atom. The molecule has 0 aliphatic carbocycles. The van der Waals surface area contributed by atoms with Gasteiger partial charge in [-0.05, 0) is 61.2 Å². The summed E-state index contributed by atoms with van der Waals surface area (Å²) in [4.78, 5) is 26.5. The van der Waals surface area contributed by atoms with Crippen molar-refractivity contribution in [3.63, 3.8) is 0 Å². The molecule has 0 bridgehead atoms. The Bertz CT molecular complexity index is 864. The predicted molar refractivity (Wildman–Crippen MR) is 103 cm³/mol. The molecule has 1 aliphatic rings. The van der Waals surface area contributed by atoms with Gasteiger partial charge >= 0.3 is 0 Å². The molecule has 0 saturated carbocycles. The molecule has 28 heavy (non-hydrogen) atoms. The second-order valence-electron chi connectivity index (χ2n) is 6.94. The van der Waals surface area contributed by atoms with Crippen LogP contribution in [0.25, 0.3) is 0 Å². The minimum absolute atomic E-state index is 0.0140. The smallest absolute Gasteiger partial charge is 0.251 e. The van der Waals surface area contributed by atoms with Crippen molar-refractivity contribution < 1.29 is 14.0 Å². The van der Waals surface area contributed by atoms with Crippen LogP contribution in [0.5, 0.6) is 0 Å². The molecule has 1 heterocycles. The zero-order valence-electron chi connectivity index (χ0n) is 15.5. The second kappa shape index (κ2) is 9.14. The molecule has 2 aromatic rings. The number of likely N-dealkylation sites (tertiary alicyclic amines) is 1. The molecule has 1 aliphatic heterocycles. The number of carbonyl (C=O) groups is 2. The molecular weight excluding hydrogens is 357 g/mol. The first-order valence-corrected chi connectivity index (χ1v) is 9.38. The lowest BCUT2D eigenvalue weighted by Gasteiger charge is -2.32. The summed E-state index contributed by atoms with van der Waals surface area (Å²) < 4.78 is 13.0. The molecule has 2 amide bonds. The summed E-state index contributed by atoms with van der Waals surface area (Å²) in [7, 11) is 0. The average molecular weight is 379 g/mol. The van der Waals surface area contributed by atoms with Crippen molar-refractivity contribution in [1.82, 2.24) is 10.2 Å². The zero-order chi connectivity index (χ0) is 19.9. The number of benzene rings is 2. The van der Waals surface area contributed by atoms with E-state index in [-0.39, 0.29) is 23.7 Å². The van der Waals surface area contributed by atoms with Gasteiger partial charge in [0.25, 0.3) is 5.91 Å². The van der Waals surface area contributed by atoms with Gasteiger partial charge < -0.3 is 10.2 Å². The molecule has 5 nitrogen and oxygen atoms in total. The van der Waals surface area contributed by atoms with Crippen LogP contribution in [0.15, 0.2) is 48.5 Å². The van der Waals surface area contributed by atoms with E-state index in [0.717, 1.165) is 5.56 Å². The number of nitrogens with zero attached hydrogens (tertiary/aromatic N) is 2. The minimum Gasteiger partial charge on any atom is -0.349 e.